The van der Waals surface area contributed by atoms with Crippen LogP contribution in [0.15, 0.2) is 36.4 Å². The van der Waals surface area contributed by atoms with Crippen LogP contribution in [0, 0.1) is 18.8 Å². The van der Waals surface area contributed by atoms with E-state index in [1.807, 2.05) is 18.2 Å². The molecule has 8 nitrogen and oxygen atoms in total. The number of methoxy groups -OCH3 is 2. The van der Waals surface area contributed by atoms with Crippen molar-refractivity contribution < 1.29 is 19.1 Å². The third kappa shape index (κ3) is 6.48. The minimum atomic E-state index is -0.327. The monoisotopic (exact) mass is 538 g/mol. The van der Waals surface area contributed by atoms with Crippen LogP contribution in [0.1, 0.15) is 38.7 Å². The number of hydrogen-bond donors (Lipinski definition) is 2. The number of ether oxygens (including phenoxy) is 2. The van der Waals surface area contributed by atoms with Crippen molar-refractivity contribution in [3.05, 3.63) is 47.0 Å². The highest BCUT2D eigenvalue weighted by atomic mass is 35.5. The summed E-state index contributed by atoms with van der Waals surface area (Å²) in [4.78, 5) is 32.4. The van der Waals surface area contributed by atoms with Gasteiger partial charge in [-0.1, -0.05) is 25.4 Å². The van der Waals surface area contributed by atoms with Gasteiger partial charge < -0.3 is 25.0 Å². The number of halogens is 1. The molecule has 1 aromatic heterocycles. The molecule has 0 bridgehead atoms. The lowest BCUT2D eigenvalue weighted by Gasteiger charge is -2.36. The number of carbonyl (C=O) groups is 2. The normalized spacial score (nSPS) is 17.3. The topological polar surface area (TPSA) is 92.8 Å². The Labute approximate surface area is 228 Å². The number of piperidine rings is 1. The zero-order chi connectivity index (χ0) is 27.4. The van der Waals surface area contributed by atoms with Crippen LogP contribution in [0.4, 0.5) is 17.2 Å². The Bertz CT molecular complexity index is 1340. The van der Waals surface area contributed by atoms with Crippen molar-refractivity contribution in [2.75, 3.05) is 42.8 Å². The maximum atomic E-state index is 12.6. The van der Waals surface area contributed by atoms with Gasteiger partial charge in [0.2, 0.25) is 11.8 Å². The van der Waals surface area contributed by atoms with E-state index in [0.717, 1.165) is 35.4 Å². The van der Waals surface area contributed by atoms with Gasteiger partial charge in [-0.25, -0.2) is 4.98 Å². The molecule has 0 unspecified atom stereocenters. The molecule has 9 heteroatoms. The van der Waals surface area contributed by atoms with E-state index < -0.39 is 0 Å². The van der Waals surface area contributed by atoms with E-state index in [9.17, 15) is 9.59 Å². The zero-order valence-corrected chi connectivity index (χ0v) is 23.3. The largest absolute Gasteiger partial charge is 0.495 e. The van der Waals surface area contributed by atoms with Gasteiger partial charge in [0.1, 0.15) is 17.3 Å². The second-order valence-electron chi connectivity index (χ2n) is 10.2. The van der Waals surface area contributed by atoms with Gasteiger partial charge in [0.25, 0.3) is 0 Å². The lowest BCUT2D eigenvalue weighted by molar-refractivity contribution is -0.121. The molecule has 0 spiro atoms. The highest BCUT2D eigenvalue weighted by Gasteiger charge is 2.23. The van der Waals surface area contributed by atoms with Gasteiger partial charge in [-0.2, -0.15) is 0 Å². The Balaban J connectivity index is 1.37. The van der Waals surface area contributed by atoms with Crippen LogP contribution in [0.2, 0.25) is 5.02 Å². The van der Waals surface area contributed by atoms with Gasteiger partial charge in [-0.15, -0.1) is 0 Å². The van der Waals surface area contributed by atoms with Crippen LogP contribution < -0.4 is 25.0 Å². The number of carbonyl (C=O) groups excluding carboxylic acids is 2. The van der Waals surface area contributed by atoms with Crippen molar-refractivity contribution >= 4 is 51.5 Å². The van der Waals surface area contributed by atoms with Crippen LogP contribution >= 0.6 is 11.6 Å². The molecule has 202 valence electrons. The van der Waals surface area contributed by atoms with E-state index in [0.29, 0.717) is 39.7 Å². The highest BCUT2D eigenvalue weighted by Crippen LogP contribution is 2.36. The Kier molecular flexibility index (Phi) is 8.62. The van der Waals surface area contributed by atoms with Crippen molar-refractivity contribution in [2.45, 2.75) is 40.0 Å². The van der Waals surface area contributed by atoms with E-state index in [1.54, 1.807) is 12.1 Å². The number of nitrogens with zero attached hydrogens (tertiary/aromatic N) is 2. The predicted molar refractivity (Wildman–Crippen MR) is 153 cm³/mol. The molecule has 1 aliphatic heterocycles. The number of nitrogens with one attached hydrogen (secondary N) is 2. The van der Waals surface area contributed by atoms with E-state index >= 15 is 0 Å². The van der Waals surface area contributed by atoms with Gasteiger partial charge >= 0.3 is 0 Å². The summed E-state index contributed by atoms with van der Waals surface area (Å²) < 4.78 is 10.5. The molecule has 1 saturated heterocycles. The number of hydrogen-bond acceptors (Lipinski definition) is 6. The minimum Gasteiger partial charge on any atom is -0.495 e. The number of benzene rings is 2. The number of aryl methyl sites for hydroxylation is 1. The lowest BCUT2D eigenvalue weighted by atomic mass is 9.92. The fourth-order valence-electron chi connectivity index (χ4n) is 5.09. The fourth-order valence-corrected chi connectivity index (χ4v) is 5.33. The molecular weight excluding hydrogens is 504 g/mol. The van der Waals surface area contributed by atoms with Crippen LogP contribution in [0.5, 0.6) is 11.5 Å². The van der Waals surface area contributed by atoms with Crippen molar-refractivity contribution in [3.63, 3.8) is 0 Å². The standard InChI is InChI=1S/C29H35ClN4O4/c1-17-10-18(2)16-34(15-17)27-11-19(3)21-12-20(6-7-23(21)32-27)31-28(35)8-9-29(36)33-24-13-22(30)25(37-4)14-26(24)38-5/h6-7,11-14,17-18H,8-10,15-16H2,1-5H3,(H,31,35)(H,33,36)/t17-,18+. The summed E-state index contributed by atoms with van der Waals surface area (Å²) in [5.41, 5.74) is 3.09. The molecule has 0 saturated carbocycles. The molecule has 1 fully saturated rings. The number of aromatic nitrogens is 1. The zero-order valence-electron chi connectivity index (χ0n) is 22.6. The van der Waals surface area contributed by atoms with Gasteiger partial charge in [-0.05, 0) is 61.1 Å². The summed E-state index contributed by atoms with van der Waals surface area (Å²) in [5, 5.41) is 6.98. The lowest BCUT2D eigenvalue weighted by Crippen LogP contribution is -2.39. The molecule has 3 aromatic rings. The van der Waals surface area contributed by atoms with Crippen LogP contribution in [-0.2, 0) is 9.59 Å². The van der Waals surface area contributed by atoms with Crippen molar-refractivity contribution in [1.82, 2.24) is 4.98 Å². The summed E-state index contributed by atoms with van der Waals surface area (Å²) in [6.45, 7) is 8.69. The van der Waals surface area contributed by atoms with Gasteiger partial charge in [0, 0.05) is 43.1 Å². The van der Waals surface area contributed by atoms with Gasteiger partial charge in [0.15, 0.2) is 0 Å². The van der Waals surface area contributed by atoms with Gasteiger partial charge in [0.05, 0.1) is 30.4 Å². The summed E-state index contributed by atoms with van der Waals surface area (Å²) in [6, 6.07) is 11.0. The summed E-state index contributed by atoms with van der Waals surface area (Å²) >= 11 is 6.17. The first-order valence-corrected chi connectivity index (χ1v) is 13.2. The molecule has 1 aliphatic rings. The number of pyridine rings is 1. The number of anilines is 3. The van der Waals surface area contributed by atoms with Crippen molar-refractivity contribution in [3.8, 4) is 11.5 Å². The molecule has 0 aliphatic carbocycles. The maximum Gasteiger partial charge on any atom is 0.224 e. The maximum absolute atomic E-state index is 12.6. The quantitative estimate of drug-likeness (QED) is 0.362. The molecule has 4 rings (SSSR count). The molecule has 2 heterocycles. The van der Waals surface area contributed by atoms with Crippen LogP contribution in [0.25, 0.3) is 10.9 Å². The molecule has 38 heavy (non-hydrogen) atoms. The van der Waals surface area contributed by atoms with E-state index in [2.05, 4.69) is 42.4 Å². The van der Waals surface area contributed by atoms with E-state index in [-0.39, 0.29) is 24.7 Å². The van der Waals surface area contributed by atoms with E-state index in [4.69, 9.17) is 26.1 Å². The van der Waals surface area contributed by atoms with Crippen molar-refractivity contribution in [2.24, 2.45) is 11.8 Å². The molecule has 2 N–H and O–H groups in total. The number of amides is 2. The summed E-state index contributed by atoms with van der Waals surface area (Å²) in [6.07, 6.45) is 1.28. The first-order chi connectivity index (χ1) is 18.2. The van der Waals surface area contributed by atoms with Crippen LogP contribution in [-0.4, -0.2) is 44.1 Å². The molecule has 0 radical (unpaired) electrons. The first-order valence-electron chi connectivity index (χ1n) is 12.8. The Hall–Kier alpha value is -3.52. The SMILES string of the molecule is COc1cc(OC)c(NC(=O)CCC(=O)Nc2ccc3nc(N4C[C@H](C)C[C@H](C)C4)cc(C)c3c2)cc1Cl. The van der Waals surface area contributed by atoms with Crippen LogP contribution in [0.3, 0.4) is 0 Å². The number of fused-ring (bicyclic) bond motifs is 1. The predicted octanol–water partition coefficient (Wildman–Crippen LogP) is 6.05. The Morgan fingerprint density at radius 1 is 0.974 bits per heavy atom. The van der Waals surface area contributed by atoms with Gasteiger partial charge in [-0.3, -0.25) is 9.59 Å². The smallest absolute Gasteiger partial charge is 0.224 e. The Morgan fingerprint density at radius 2 is 1.63 bits per heavy atom. The third-order valence-electron chi connectivity index (χ3n) is 6.81. The average Bonchev–Trinajstić information content (AvgIpc) is 2.87. The second kappa shape index (κ2) is 11.9. The van der Waals surface area contributed by atoms with E-state index in [1.165, 1.54) is 20.6 Å². The molecule has 2 aromatic carbocycles. The fraction of sp³-hybridized carbons (Fsp3) is 0.414. The minimum absolute atomic E-state index is 0.00282. The van der Waals surface area contributed by atoms with Crippen molar-refractivity contribution in [1.29, 1.82) is 0 Å². The molecule has 2 atom stereocenters. The number of rotatable bonds is 8. The average molecular weight is 539 g/mol. The highest BCUT2D eigenvalue weighted by molar-refractivity contribution is 6.32. The third-order valence-corrected chi connectivity index (χ3v) is 7.10. The summed E-state index contributed by atoms with van der Waals surface area (Å²) in [7, 11) is 2.99. The summed E-state index contributed by atoms with van der Waals surface area (Å²) in [5.74, 6) is 2.57. The molecule has 2 amide bonds. The Morgan fingerprint density at radius 3 is 2.29 bits per heavy atom. The second-order valence-corrected chi connectivity index (χ2v) is 10.6. The first kappa shape index (κ1) is 27.5. The molecular formula is C29H35ClN4O4.